The first-order valence-corrected chi connectivity index (χ1v) is 5.72. The Morgan fingerprint density at radius 2 is 2.44 bits per heavy atom. The first-order valence-electron chi connectivity index (χ1n) is 5.72. The summed E-state index contributed by atoms with van der Waals surface area (Å²) in [6.07, 6.45) is 1.09. The molecule has 98 valence electrons. The number of nitrogens with zero attached hydrogens (tertiary/aromatic N) is 3. The normalized spacial score (nSPS) is 24.0. The average molecular weight is 253 g/mol. The SMILES string of the molecule is CC1CN(c2ncccc2[N+](=O)[O-])CC(CO)O1. The lowest BCUT2D eigenvalue weighted by Gasteiger charge is -2.36. The molecule has 7 heteroatoms. The van der Waals surface area contributed by atoms with Crippen molar-refractivity contribution in [2.24, 2.45) is 0 Å². The summed E-state index contributed by atoms with van der Waals surface area (Å²) in [6.45, 7) is 2.68. The molecule has 0 amide bonds. The van der Waals surface area contributed by atoms with Crippen LogP contribution in [0.15, 0.2) is 18.3 Å². The molecule has 1 aromatic heterocycles. The molecule has 2 atom stereocenters. The number of hydrogen-bond acceptors (Lipinski definition) is 6. The van der Waals surface area contributed by atoms with E-state index in [2.05, 4.69) is 4.98 Å². The number of rotatable bonds is 3. The fourth-order valence-electron chi connectivity index (χ4n) is 2.09. The van der Waals surface area contributed by atoms with E-state index in [4.69, 9.17) is 9.84 Å². The van der Waals surface area contributed by atoms with Gasteiger partial charge in [-0.1, -0.05) is 0 Å². The van der Waals surface area contributed by atoms with E-state index in [9.17, 15) is 10.1 Å². The van der Waals surface area contributed by atoms with Gasteiger partial charge < -0.3 is 14.7 Å². The molecular formula is C11H15N3O4. The summed E-state index contributed by atoms with van der Waals surface area (Å²) in [5.74, 6) is 0.330. The highest BCUT2D eigenvalue weighted by molar-refractivity contribution is 5.57. The minimum atomic E-state index is -0.448. The van der Waals surface area contributed by atoms with Gasteiger partial charge in [-0.25, -0.2) is 4.98 Å². The lowest BCUT2D eigenvalue weighted by atomic mass is 10.2. The topological polar surface area (TPSA) is 88.7 Å². The molecule has 1 N–H and O–H groups in total. The molecule has 0 spiro atoms. The second kappa shape index (κ2) is 5.28. The molecule has 1 aliphatic heterocycles. The van der Waals surface area contributed by atoms with Crippen LogP contribution in [0, 0.1) is 10.1 Å². The van der Waals surface area contributed by atoms with Crippen LogP contribution in [0.5, 0.6) is 0 Å². The second-order valence-corrected chi connectivity index (χ2v) is 4.26. The van der Waals surface area contributed by atoms with Gasteiger partial charge in [0.2, 0.25) is 5.82 Å². The largest absolute Gasteiger partial charge is 0.394 e. The van der Waals surface area contributed by atoms with Gasteiger partial charge in [0.25, 0.3) is 0 Å². The summed E-state index contributed by atoms with van der Waals surface area (Å²) in [6, 6.07) is 2.96. The van der Waals surface area contributed by atoms with E-state index in [1.54, 1.807) is 4.90 Å². The van der Waals surface area contributed by atoms with Crippen LogP contribution in [-0.4, -0.2) is 46.9 Å². The quantitative estimate of drug-likeness (QED) is 0.626. The molecule has 1 saturated heterocycles. The molecule has 1 aromatic rings. The number of aromatic nitrogens is 1. The maximum absolute atomic E-state index is 11.0. The summed E-state index contributed by atoms with van der Waals surface area (Å²) in [5.41, 5.74) is -0.0247. The minimum absolute atomic E-state index is 0.0247. The predicted octanol–water partition coefficient (Wildman–Crippen LogP) is 0.576. The number of hydrogen-bond donors (Lipinski definition) is 1. The van der Waals surface area contributed by atoms with Crippen LogP contribution in [0.3, 0.4) is 0 Å². The fourth-order valence-corrected chi connectivity index (χ4v) is 2.09. The van der Waals surface area contributed by atoms with Gasteiger partial charge in [0.05, 0.1) is 23.7 Å². The lowest BCUT2D eigenvalue weighted by molar-refractivity contribution is -0.384. The Hall–Kier alpha value is -1.73. The molecule has 1 aliphatic rings. The molecular weight excluding hydrogens is 238 g/mol. The number of morpholine rings is 1. The third kappa shape index (κ3) is 2.57. The fraction of sp³-hybridized carbons (Fsp3) is 0.545. The number of anilines is 1. The Morgan fingerprint density at radius 1 is 1.67 bits per heavy atom. The standard InChI is InChI=1S/C11H15N3O4/c1-8-5-13(6-9(7-15)18-8)11-10(14(16)17)3-2-4-12-11/h2-4,8-9,15H,5-7H2,1H3. The maximum Gasteiger partial charge on any atom is 0.311 e. The van der Waals surface area contributed by atoms with Crippen molar-refractivity contribution < 1.29 is 14.8 Å². The molecule has 1 fully saturated rings. The molecule has 0 aromatic carbocycles. The monoisotopic (exact) mass is 253 g/mol. The van der Waals surface area contributed by atoms with E-state index in [-0.39, 0.29) is 24.5 Å². The zero-order valence-corrected chi connectivity index (χ0v) is 10.0. The van der Waals surface area contributed by atoms with Crippen LogP contribution in [0.25, 0.3) is 0 Å². The Balaban J connectivity index is 2.27. The van der Waals surface area contributed by atoms with Gasteiger partial charge in [-0.3, -0.25) is 10.1 Å². The van der Waals surface area contributed by atoms with Crippen molar-refractivity contribution >= 4 is 11.5 Å². The van der Waals surface area contributed by atoms with Crippen LogP contribution in [0.2, 0.25) is 0 Å². The van der Waals surface area contributed by atoms with Crippen LogP contribution in [0.4, 0.5) is 11.5 Å². The highest BCUT2D eigenvalue weighted by Crippen LogP contribution is 2.27. The number of aliphatic hydroxyl groups excluding tert-OH is 1. The molecule has 0 bridgehead atoms. The zero-order valence-electron chi connectivity index (χ0n) is 10.0. The summed E-state index contributed by atoms with van der Waals surface area (Å²) in [5, 5.41) is 20.1. The van der Waals surface area contributed by atoms with E-state index >= 15 is 0 Å². The number of nitro groups is 1. The van der Waals surface area contributed by atoms with Crippen molar-refractivity contribution in [3.63, 3.8) is 0 Å². The van der Waals surface area contributed by atoms with Crippen molar-refractivity contribution in [1.29, 1.82) is 0 Å². The first-order chi connectivity index (χ1) is 8.61. The van der Waals surface area contributed by atoms with E-state index in [0.29, 0.717) is 18.9 Å². The minimum Gasteiger partial charge on any atom is -0.394 e. The highest BCUT2D eigenvalue weighted by Gasteiger charge is 2.29. The third-order valence-corrected chi connectivity index (χ3v) is 2.79. The molecule has 2 rings (SSSR count). The van der Waals surface area contributed by atoms with Gasteiger partial charge in [0.15, 0.2) is 0 Å². The van der Waals surface area contributed by atoms with Crippen molar-refractivity contribution in [1.82, 2.24) is 4.98 Å². The smallest absolute Gasteiger partial charge is 0.311 e. The number of ether oxygens (including phenoxy) is 1. The maximum atomic E-state index is 11.0. The van der Waals surface area contributed by atoms with Crippen molar-refractivity contribution in [2.45, 2.75) is 19.1 Å². The van der Waals surface area contributed by atoms with Gasteiger partial charge in [0.1, 0.15) is 0 Å². The van der Waals surface area contributed by atoms with E-state index in [0.717, 1.165) is 0 Å². The summed E-state index contributed by atoms with van der Waals surface area (Å²) in [4.78, 5) is 16.4. The highest BCUT2D eigenvalue weighted by atomic mass is 16.6. The Morgan fingerprint density at radius 3 is 3.11 bits per heavy atom. The lowest BCUT2D eigenvalue weighted by Crippen LogP contribution is -2.48. The molecule has 2 unspecified atom stereocenters. The van der Waals surface area contributed by atoms with Crippen LogP contribution in [-0.2, 0) is 4.74 Å². The molecule has 2 heterocycles. The van der Waals surface area contributed by atoms with Gasteiger partial charge in [-0.15, -0.1) is 0 Å². The Bertz CT molecular complexity index is 440. The predicted molar refractivity (Wildman–Crippen MR) is 64.5 cm³/mol. The summed E-state index contributed by atoms with van der Waals surface area (Å²) in [7, 11) is 0. The van der Waals surface area contributed by atoms with E-state index in [1.807, 2.05) is 6.92 Å². The van der Waals surface area contributed by atoms with Crippen LogP contribution < -0.4 is 4.90 Å². The van der Waals surface area contributed by atoms with Gasteiger partial charge in [-0.05, 0) is 13.0 Å². The van der Waals surface area contributed by atoms with E-state index in [1.165, 1.54) is 18.3 Å². The van der Waals surface area contributed by atoms with Gasteiger partial charge in [0, 0.05) is 25.4 Å². The molecule has 0 aliphatic carbocycles. The molecule has 18 heavy (non-hydrogen) atoms. The van der Waals surface area contributed by atoms with Crippen molar-refractivity contribution in [3.05, 3.63) is 28.4 Å². The van der Waals surface area contributed by atoms with Crippen molar-refractivity contribution in [2.75, 3.05) is 24.6 Å². The summed E-state index contributed by atoms with van der Waals surface area (Å²) < 4.78 is 5.50. The van der Waals surface area contributed by atoms with Crippen molar-refractivity contribution in [3.8, 4) is 0 Å². The first kappa shape index (κ1) is 12.7. The molecule has 0 saturated carbocycles. The third-order valence-electron chi connectivity index (χ3n) is 2.79. The average Bonchev–Trinajstić information content (AvgIpc) is 2.38. The Labute approximate surface area is 104 Å². The second-order valence-electron chi connectivity index (χ2n) is 4.26. The Kier molecular flexibility index (Phi) is 3.73. The number of aliphatic hydroxyl groups is 1. The molecule has 7 nitrogen and oxygen atoms in total. The summed E-state index contributed by atoms with van der Waals surface area (Å²) >= 11 is 0. The number of pyridine rings is 1. The van der Waals surface area contributed by atoms with Crippen LogP contribution >= 0.6 is 0 Å². The van der Waals surface area contributed by atoms with Gasteiger partial charge >= 0.3 is 5.69 Å². The molecule has 0 radical (unpaired) electrons. The zero-order chi connectivity index (χ0) is 13.1. The van der Waals surface area contributed by atoms with Crippen LogP contribution in [0.1, 0.15) is 6.92 Å². The van der Waals surface area contributed by atoms with E-state index < -0.39 is 4.92 Å². The van der Waals surface area contributed by atoms with Gasteiger partial charge in [-0.2, -0.15) is 0 Å².